The van der Waals surface area contributed by atoms with Gasteiger partial charge < -0.3 is 18.6 Å². The molecule has 3 rings (SSSR count). The van der Waals surface area contributed by atoms with E-state index in [9.17, 15) is 0 Å². The molecule has 25 heavy (non-hydrogen) atoms. The predicted octanol–water partition coefficient (Wildman–Crippen LogP) is 2.62. The van der Waals surface area contributed by atoms with Gasteiger partial charge in [-0.1, -0.05) is 18.2 Å². The van der Waals surface area contributed by atoms with E-state index in [0.29, 0.717) is 5.76 Å². The first-order valence-corrected chi connectivity index (χ1v) is 9.02. The number of aryl methyl sites for hydroxylation is 1. The van der Waals surface area contributed by atoms with E-state index in [0.717, 1.165) is 21.4 Å². The first-order chi connectivity index (χ1) is 11.3. The summed E-state index contributed by atoms with van der Waals surface area (Å²) >= 11 is 4.67. The van der Waals surface area contributed by atoms with Crippen LogP contribution >= 0.6 is 12.6 Å². The molecule has 0 unspecified atom stereocenters. The van der Waals surface area contributed by atoms with Crippen LogP contribution in [-0.2, 0) is 18.6 Å². The molecule has 2 saturated heterocycles. The third kappa shape index (κ3) is 3.16. The Morgan fingerprint density at radius 3 is 1.92 bits per heavy atom. The normalized spacial score (nSPS) is 23.9. The molecule has 2 aliphatic heterocycles. The fourth-order valence-electron chi connectivity index (χ4n) is 2.90. The molecule has 0 aromatic heterocycles. The molecule has 2 heterocycles. The Kier molecular flexibility index (Phi) is 4.39. The average molecular weight is 360 g/mol. The minimum atomic E-state index is -0.502. The van der Waals surface area contributed by atoms with Gasteiger partial charge in [-0.3, -0.25) is 0 Å². The van der Waals surface area contributed by atoms with E-state index in [1.54, 1.807) is 0 Å². The van der Waals surface area contributed by atoms with Gasteiger partial charge >= 0.3 is 14.2 Å². The summed E-state index contributed by atoms with van der Waals surface area (Å²) in [5.41, 5.74) is 1.63. The van der Waals surface area contributed by atoms with Crippen LogP contribution in [0.5, 0.6) is 0 Å². The zero-order chi connectivity index (χ0) is 18.8. The van der Waals surface area contributed by atoms with Crippen LogP contribution in [-0.4, -0.2) is 31.0 Å². The van der Waals surface area contributed by atoms with Gasteiger partial charge in [0, 0.05) is 10.4 Å². The van der Waals surface area contributed by atoms with Crippen molar-refractivity contribution in [3.05, 3.63) is 30.0 Å². The van der Waals surface area contributed by atoms with Crippen molar-refractivity contribution < 1.29 is 18.6 Å². The summed E-state index contributed by atoms with van der Waals surface area (Å²) < 4.78 is 24.1. The van der Waals surface area contributed by atoms with Gasteiger partial charge in [-0.2, -0.15) is 0 Å². The topological polar surface area (TPSA) is 36.9 Å². The van der Waals surface area contributed by atoms with Gasteiger partial charge in [-0.25, -0.2) is 0 Å². The molecular weight excluding hydrogens is 334 g/mol. The first-order valence-electron chi connectivity index (χ1n) is 8.57. The van der Waals surface area contributed by atoms with Crippen molar-refractivity contribution in [2.24, 2.45) is 0 Å². The van der Waals surface area contributed by atoms with Gasteiger partial charge in [-0.05, 0) is 60.0 Å². The molecule has 0 atom stereocenters. The maximum absolute atomic E-state index is 6.15. The lowest BCUT2D eigenvalue weighted by molar-refractivity contribution is 0.00578. The van der Waals surface area contributed by atoms with Crippen molar-refractivity contribution in [3.8, 4) is 0 Å². The highest BCUT2D eigenvalue weighted by Crippen LogP contribution is 2.37. The van der Waals surface area contributed by atoms with E-state index in [1.165, 1.54) is 0 Å². The molecule has 4 nitrogen and oxygen atoms in total. The standard InChI is InChI=1S/C18H26B2O4S/c1-11-9-14(20-23-17(5,6)18(7,8)24-20)15(25)10-13(11)19-21-12(2)16(3,4)22-19/h9-10,25H,2H2,1,3-8H3. The van der Waals surface area contributed by atoms with Gasteiger partial charge in [0.1, 0.15) is 5.60 Å². The van der Waals surface area contributed by atoms with E-state index >= 15 is 0 Å². The second-order valence-corrected chi connectivity index (χ2v) is 8.84. The summed E-state index contributed by atoms with van der Waals surface area (Å²) in [7, 11) is -0.914. The second-order valence-electron chi connectivity index (χ2n) is 8.36. The zero-order valence-corrected chi connectivity index (χ0v) is 17.0. The van der Waals surface area contributed by atoms with Crippen LogP contribution in [0.3, 0.4) is 0 Å². The third-order valence-corrected chi connectivity index (χ3v) is 5.89. The fraction of sp³-hybridized carbons (Fsp3) is 0.556. The summed E-state index contributed by atoms with van der Waals surface area (Å²) in [6, 6.07) is 4.01. The lowest BCUT2D eigenvalue weighted by Crippen LogP contribution is -2.41. The Bertz CT molecular complexity index is 714. The molecule has 1 aromatic rings. The molecule has 0 saturated carbocycles. The van der Waals surface area contributed by atoms with Crippen molar-refractivity contribution >= 4 is 37.8 Å². The summed E-state index contributed by atoms with van der Waals surface area (Å²) in [5, 5.41) is 0. The molecule has 0 spiro atoms. The zero-order valence-electron chi connectivity index (χ0n) is 16.1. The summed E-state index contributed by atoms with van der Waals surface area (Å²) in [6.07, 6.45) is 0. The maximum atomic E-state index is 6.15. The maximum Gasteiger partial charge on any atom is 0.563 e. The minimum absolute atomic E-state index is 0.385. The fourth-order valence-corrected chi connectivity index (χ4v) is 3.21. The molecule has 134 valence electrons. The molecule has 2 fully saturated rings. The van der Waals surface area contributed by atoms with Crippen molar-refractivity contribution in [1.82, 2.24) is 0 Å². The number of hydrogen-bond acceptors (Lipinski definition) is 5. The quantitative estimate of drug-likeness (QED) is 0.650. The molecule has 7 heteroatoms. The summed E-state index contributed by atoms with van der Waals surface area (Å²) in [5.74, 6) is 0.632. The molecule has 0 N–H and O–H groups in total. The molecule has 0 amide bonds. The smallest absolute Gasteiger partial charge is 0.534 e. The second kappa shape index (κ2) is 5.81. The largest absolute Gasteiger partial charge is 0.563 e. The Morgan fingerprint density at radius 2 is 1.44 bits per heavy atom. The number of hydrogen-bond donors (Lipinski definition) is 1. The Labute approximate surface area is 157 Å². The SMILES string of the molecule is C=C1OB(c2cc(S)c(B3OC(C)(C)C(C)(C)O3)cc2C)OC1(C)C. The molecule has 0 bridgehead atoms. The van der Waals surface area contributed by atoms with Crippen molar-refractivity contribution in [2.75, 3.05) is 0 Å². The van der Waals surface area contributed by atoms with Crippen LogP contribution in [0.2, 0.25) is 0 Å². The Morgan fingerprint density at radius 1 is 0.880 bits per heavy atom. The van der Waals surface area contributed by atoms with Gasteiger partial charge in [0.2, 0.25) is 0 Å². The molecule has 2 aliphatic rings. The molecule has 0 radical (unpaired) electrons. The van der Waals surface area contributed by atoms with Crippen molar-refractivity contribution in [2.45, 2.75) is 70.2 Å². The van der Waals surface area contributed by atoms with Crippen LogP contribution in [0.15, 0.2) is 29.4 Å². The monoisotopic (exact) mass is 360 g/mol. The summed E-state index contributed by atoms with van der Waals surface area (Å²) in [6.45, 7) is 18.0. The Hall–Kier alpha value is -0.880. The van der Waals surface area contributed by atoms with Crippen LogP contribution < -0.4 is 10.9 Å². The van der Waals surface area contributed by atoms with E-state index in [1.807, 2.05) is 60.6 Å². The van der Waals surface area contributed by atoms with E-state index < -0.39 is 19.8 Å². The van der Waals surface area contributed by atoms with Crippen molar-refractivity contribution in [3.63, 3.8) is 0 Å². The van der Waals surface area contributed by atoms with Crippen LogP contribution in [0, 0.1) is 6.92 Å². The van der Waals surface area contributed by atoms with Crippen LogP contribution in [0.4, 0.5) is 0 Å². The lowest BCUT2D eigenvalue weighted by atomic mass is 9.71. The van der Waals surface area contributed by atoms with E-state index in [-0.39, 0.29) is 11.2 Å². The number of rotatable bonds is 2. The Balaban J connectivity index is 1.91. The van der Waals surface area contributed by atoms with Gasteiger partial charge in [0.25, 0.3) is 0 Å². The predicted molar refractivity (Wildman–Crippen MR) is 105 cm³/mol. The first kappa shape index (κ1) is 18.9. The molecule has 1 aromatic carbocycles. The highest BCUT2D eigenvalue weighted by Gasteiger charge is 2.52. The highest BCUT2D eigenvalue weighted by molar-refractivity contribution is 7.80. The van der Waals surface area contributed by atoms with Crippen molar-refractivity contribution in [1.29, 1.82) is 0 Å². The molecular formula is C18H26B2O4S. The van der Waals surface area contributed by atoms with Gasteiger partial charge in [0.15, 0.2) is 0 Å². The summed E-state index contributed by atoms with van der Waals surface area (Å²) in [4.78, 5) is 0.793. The number of thiol groups is 1. The van der Waals surface area contributed by atoms with Gasteiger partial charge in [-0.15, -0.1) is 12.6 Å². The van der Waals surface area contributed by atoms with E-state index in [4.69, 9.17) is 18.6 Å². The third-order valence-electron chi connectivity index (χ3n) is 5.50. The van der Waals surface area contributed by atoms with Gasteiger partial charge in [0.05, 0.1) is 17.0 Å². The van der Waals surface area contributed by atoms with Crippen LogP contribution in [0.1, 0.15) is 47.1 Å². The highest BCUT2D eigenvalue weighted by atomic mass is 32.1. The van der Waals surface area contributed by atoms with E-state index in [2.05, 4.69) is 19.2 Å². The lowest BCUT2D eigenvalue weighted by Gasteiger charge is -2.32. The average Bonchev–Trinajstić information content (AvgIpc) is 2.84. The number of benzene rings is 1. The minimum Gasteiger partial charge on any atom is -0.534 e. The molecule has 0 aliphatic carbocycles. The van der Waals surface area contributed by atoms with Crippen LogP contribution in [0.25, 0.3) is 0 Å².